The van der Waals surface area contributed by atoms with Gasteiger partial charge in [0.1, 0.15) is 0 Å². The lowest BCUT2D eigenvalue weighted by Gasteiger charge is -2.42. The van der Waals surface area contributed by atoms with Gasteiger partial charge in [-0.25, -0.2) is 0 Å². The molecule has 3 fully saturated rings. The van der Waals surface area contributed by atoms with Gasteiger partial charge >= 0.3 is 0 Å². The number of fused-ring (bicyclic) bond motifs is 1. The minimum atomic E-state index is 0.360. The van der Waals surface area contributed by atoms with Crippen LogP contribution in [0.3, 0.4) is 0 Å². The van der Waals surface area contributed by atoms with Crippen LogP contribution in [0.5, 0.6) is 0 Å². The normalized spacial score (nSPS) is 26.7. The molecule has 0 spiro atoms. The molecule has 1 saturated carbocycles. The van der Waals surface area contributed by atoms with Crippen molar-refractivity contribution in [1.29, 1.82) is 0 Å². The van der Waals surface area contributed by atoms with Crippen LogP contribution in [-0.4, -0.2) is 61.5 Å². The second kappa shape index (κ2) is 8.22. The van der Waals surface area contributed by atoms with Gasteiger partial charge in [-0.1, -0.05) is 31.4 Å². The molecular formula is C23H35N3O. The Balaban J connectivity index is 1.28. The summed E-state index contributed by atoms with van der Waals surface area (Å²) in [6, 6.07) is 6.57. The number of anilines is 1. The van der Waals surface area contributed by atoms with E-state index in [-0.39, 0.29) is 0 Å². The van der Waals surface area contributed by atoms with Crippen LogP contribution in [0.4, 0.5) is 5.69 Å². The zero-order valence-electron chi connectivity index (χ0n) is 17.1. The Morgan fingerprint density at radius 2 is 1.70 bits per heavy atom. The number of piperidine rings is 1. The first-order valence-electron chi connectivity index (χ1n) is 10.9. The summed E-state index contributed by atoms with van der Waals surface area (Å²) in [6.07, 6.45) is 6.73. The predicted octanol–water partition coefficient (Wildman–Crippen LogP) is 3.46. The fraction of sp³-hybridized carbons (Fsp3) is 0.696. The quantitative estimate of drug-likeness (QED) is 0.816. The molecule has 4 rings (SSSR count). The van der Waals surface area contributed by atoms with Gasteiger partial charge in [-0.05, 0) is 55.7 Å². The molecule has 2 saturated heterocycles. The molecular weight excluding hydrogens is 334 g/mol. The first-order chi connectivity index (χ1) is 13.1. The van der Waals surface area contributed by atoms with Crippen molar-refractivity contribution in [3.8, 4) is 0 Å². The van der Waals surface area contributed by atoms with Crippen LogP contribution in [0, 0.1) is 25.7 Å². The lowest BCUT2D eigenvalue weighted by molar-refractivity contribution is -0.135. The topological polar surface area (TPSA) is 26.8 Å². The van der Waals surface area contributed by atoms with Gasteiger partial charge in [0, 0.05) is 45.0 Å². The van der Waals surface area contributed by atoms with Crippen LogP contribution in [-0.2, 0) is 4.79 Å². The van der Waals surface area contributed by atoms with Crippen molar-refractivity contribution in [2.24, 2.45) is 11.8 Å². The average molecular weight is 370 g/mol. The largest absolute Gasteiger partial charge is 0.369 e. The maximum absolute atomic E-state index is 12.9. The maximum Gasteiger partial charge on any atom is 0.236 e. The number of hydrogen-bond acceptors (Lipinski definition) is 3. The summed E-state index contributed by atoms with van der Waals surface area (Å²) < 4.78 is 0. The number of aryl methyl sites for hydroxylation is 1. The number of carbonyl (C=O) groups excluding carboxylic acids is 1. The highest BCUT2D eigenvalue weighted by atomic mass is 16.2. The second-order valence-corrected chi connectivity index (χ2v) is 8.92. The molecule has 0 radical (unpaired) electrons. The van der Waals surface area contributed by atoms with Gasteiger partial charge in [-0.3, -0.25) is 9.69 Å². The number of carbonyl (C=O) groups is 1. The minimum absolute atomic E-state index is 0.360. The number of benzene rings is 1. The summed E-state index contributed by atoms with van der Waals surface area (Å²) in [6.45, 7) is 11.0. The van der Waals surface area contributed by atoms with E-state index in [0.29, 0.717) is 12.5 Å². The number of nitrogens with zero attached hydrogens (tertiary/aromatic N) is 3. The van der Waals surface area contributed by atoms with E-state index >= 15 is 0 Å². The maximum atomic E-state index is 12.9. The van der Waals surface area contributed by atoms with Gasteiger partial charge in [0.25, 0.3) is 0 Å². The summed E-state index contributed by atoms with van der Waals surface area (Å²) in [4.78, 5) is 19.9. The number of rotatable bonds is 3. The highest BCUT2D eigenvalue weighted by molar-refractivity contribution is 5.78. The van der Waals surface area contributed by atoms with Crippen LogP contribution in [0.1, 0.15) is 43.2 Å². The molecule has 4 nitrogen and oxygen atoms in total. The zero-order chi connectivity index (χ0) is 18.8. The van der Waals surface area contributed by atoms with Gasteiger partial charge in [-0.2, -0.15) is 0 Å². The summed E-state index contributed by atoms with van der Waals surface area (Å²) in [5.74, 6) is 2.03. The van der Waals surface area contributed by atoms with E-state index in [4.69, 9.17) is 0 Å². The monoisotopic (exact) mass is 369 g/mol. The van der Waals surface area contributed by atoms with Crippen molar-refractivity contribution in [1.82, 2.24) is 9.80 Å². The number of amides is 1. The van der Waals surface area contributed by atoms with Crippen molar-refractivity contribution < 1.29 is 4.79 Å². The van der Waals surface area contributed by atoms with Crippen molar-refractivity contribution in [3.05, 3.63) is 29.3 Å². The van der Waals surface area contributed by atoms with Crippen molar-refractivity contribution in [3.63, 3.8) is 0 Å². The van der Waals surface area contributed by atoms with Crippen molar-refractivity contribution in [2.45, 2.75) is 46.0 Å². The lowest BCUT2D eigenvalue weighted by atomic mass is 9.75. The molecule has 3 aliphatic rings. The minimum Gasteiger partial charge on any atom is -0.369 e. The lowest BCUT2D eigenvalue weighted by Crippen LogP contribution is -2.52. The molecule has 0 unspecified atom stereocenters. The third kappa shape index (κ3) is 4.16. The molecule has 0 aromatic heterocycles. The van der Waals surface area contributed by atoms with E-state index < -0.39 is 0 Å². The number of likely N-dealkylation sites (tertiary alicyclic amines) is 1. The third-order valence-electron chi connectivity index (χ3n) is 7.29. The van der Waals surface area contributed by atoms with Crippen LogP contribution < -0.4 is 4.90 Å². The van der Waals surface area contributed by atoms with Crippen molar-refractivity contribution in [2.75, 3.05) is 50.7 Å². The fourth-order valence-corrected chi connectivity index (χ4v) is 5.34. The molecule has 2 heterocycles. The highest BCUT2D eigenvalue weighted by Gasteiger charge is 2.33. The molecule has 0 bridgehead atoms. The van der Waals surface area contributed by atoms with E-state index in [2.05, 4.69) is 46.7 Å². The summed E-state index contributed by atoms with van der Waals surface area (Å²) in [7, 11) is 0. The Labute approximate surface area is 164 Å². The van der Waals surface area contributed by atoms with Gasteiger partial charge in [0.2, 0.25) is 5.91 Å². The summed E-state index contributed by atoms with van der Waals surface area (Å²) >= 11 is 0. The Hall–Kier alpha value is -1.55. The van der Waals surface area contributed by atoms with Gasteiger partial charge < -0.3 is 9.80 Å². The molecule has 2 atom stereocenters. The summed E-state index contributed by atoms with van der Waals surface area (Å²) in [5.41, 5.74) is 4.11. The Kier molecular flexibility index (Phi) is 5.72. The molecule has 2 aliphatic heterocycles. The molecule has 148 valence electrons. The standard InChI is InChI=1S/C23H35N3O/c1-18-6-5-9-22(19(18)2)25-14-12-24(13-15-25)17-23(27)26-11-10-20-7-3-4-8-21(20)16-26/h5-6,9,20-21H,3-4,7-8,10-17H2,1-2H3/t20-,21+/m1/s1. The first-order valence-corrected chi connectivity index (χ1v) is 10.9. The Morgan fingerprint density at radius 3 is 2.48 bits per heavy atom. The molecule has 27 heavy (non-hydrogen) atoms. The molecule has 0 N–H and O–H groups in total. The van der Waals surface area contributed by atoms with E-state index in [9.17, 15) is 4.79 Å². The summed E-state index contributed by atoms with van der Waals surface area (Å²) in [5, 5.41) is 0. The fourth-order valence-electron chi connectivity index (χ4n) is 5.34. The van der Waals surface area contributed by atoms with Gasteiger partial charge in [-0.15, -0.1) is 0 Å². The molecule has 1 aliphatic carbocycles. The van der Waals surface area contributed by atoms with Crippen LogP contribution in [0.2, 0.25) is 0 Å². The molecule has 1 amide bonds. The SMILES string of the molecule is Cc1cccc(N2CCN(CC(=O)N3CC[C@H]4CCCC[C@H]4C3)CC2)c1C. The van der Waals surface area contributed by atoms with Crippen LogP contribution >= 0.6 is 0 Å². The van der Waals surface area contributed by atoms with E-state index in [0.717, 1.165) is 51.1 Å². The predicted molar refractivity (Wildman–Crippen MR) is 111 cm³/mol. The molecule has 1 aromatic rings. The number of piperazine rings is 1. The molecule has 1 aromatic carbocycles. The van der Waals surface area contributed by atoms with Crippen LogP contribution in [0.25, 0.3) is 0 Å². The van der Waals surface area contributed by atoms with Crippen molar-refractivity contribution >= 4 is 11.6 Å². The zero-order valence-corrected chi connectivity index (χ0v) is 17.1. The second-order valence-electron chi connectivity index (χ2n) is 8.92. The smallest absolute Gasteiger partial charge is 0.236 e. The Morgan fingerprint density at radius 1 is 0.963 bits per heavy atom. The van der Waals surface area contributed by atoms with Crippen LogP contribution in [0.15, 0.2) is 18.2 Å². The van der Waals surface area contributed by atoms with E-state index in [1.807, 2.05) is 0 Å². The van der Waals surface area contributed by atoms with E-state index in [1.165, 1.54) is 48.9 Å². The van der Waals surface area contributed by atoms with Gasteiger partial charge in [0.15, 0.2) is 0 Å². The number of hydrogen-bond donors (Lipinski definition) is 0. The van der Waals surface area contributed by atoms with E-state index in [1.54, 1.807) is 0 Å². The average Bonchev–Trinajstić information content (AvgIpc) is 2.70. The first kappa shape index (κ1) is 18.8. The highest BCUT2D eigenvalue weighted by Crippen LogP contribution is 2.36. The Bertz CT molecular complexity index is 666. The third-order valence-corrected chi connectivity index (χ3v) is 7.29. The molecule has 4 heteroatoms. The van der Waals surface area contributed by atoms with Gasteiger partial charge in [0.05, 0.1) is 6.54 Å².